The van der Waals surface area contributed by atoms with E-state index in [0.29, 0.717) is 12.5 Å². The lowest BCUT2D eigenvalue weighted by molar-refractivity contribution is -0.144. The first kappa shape index (κ1) is 11.5. The lowest BCUT2D eigenvalue weighted by Gasteiger charge is -2.27. The van der Waals surface area contributed by atoms with Crippen molar-refractivity contribution in [2.45, 2.75) is 44.7 Å². The van der Waals surface area contributed by atoms with E-state index in [1.807, 2.05) is 11.8 Å². The predicted octanol–water partition coefficient (Wildman–Crippen LogP) is 0.696. The van der Waals surface area contributed by atoms with E-state index >= 15 is 0 Å². The van der Waals surface area contributed by atoms with E-state index in [4.69, 9.17) is 10.2 Å². The molecule has 0 unspecified atom stereocenters. The Labute approximate surface area is 84.5 Å². The number of hydrogen-bond acceptors (Lipinski definition) is 3. The molecule has 0 saturated heterocycles. The Morgan fingerprint density at radius 3 is 2.57 bits per heavy atom. The van der Waals surface area contributed by atoms with Crippen molar-refractivity contribution < 1.29 is 15.0 Å². The third kappa shape index (κ3) is 2.96. The molecule has 1 aliphatic carbocycles. The van der Waals surface area contributed by atoms with Crippen LogP contribution in [0.15, 0.2) is 0 Å². The molecule has 2 N–H and O–H groups in total. The van der Waals surface area contributed by atoms with Gasteiger partial charge in [-0.05, 0) is 32.2 Å². The first-order chi connectivity index (χ1) is 6.70. The highest BCUT2D eigenvalue weighted by Gasteiger charge is 2.36. The number of hydrogen-bond donors (Lipinski definition) is 2. The summed E-state index contributed by atoms with van der Waals surface area (Å²) in [5, 5.41) is 17.8. The molecule has 0 aromatic rings. The van der Waals surface area contributed by atoms with Crippen LogP contribution in [0.3, 0.4) is 0 Å². The van der Waals surface area contributed by atoms with Crippen molar-refractivity contribution in [1.82, 2.24) is 4.90 Å². The van der Waals surface area contributed by atoms with Crippen LogP contribution in [-0.4, -0.2) is 46.3 Å². The molecular formula is C10H19NO3. The number of rotatable bonds is 7. The summed E-state index contributed by atoms with van der Waals surface area (Å²) < 4.78 is 0. The highest BCUT2D eigenvalue weighted by molar-refractivity contribution is 5.73. The van der Waals surface area contributed by atoms with Crippen LogP contribution in [0, 0.1) is 0 Å². The van der Waals surface area contributed by atoms with Crippen molar-refractivity contribution in [3.63, 3.8) is 0 Å². The largest absolute Gasteiger partial charge is 0.480 e. The molecule has 0 aromatic heterocycles. The van der Waals surface area contributed by atoms with Gasteiger partial charge < -0.3 is 10.2 Å². The topological polar surface area (TPSA) is 60.8 Å². The van der Waals surface area contributed by atoms with Crippen LogP contribution in [0.4, 0.5) is 0 Å². The normalized spacial score (nSPS) is 18.5. The Bertz CT molecular complexity index is 192. The summed E-state index contributed by atoms with van der Waals surface area (Å²) in [4.78, 5) is 13.0. The Hall–Kier alpha value is -0.610. The first-order valence-corrected chi connectivity index (χ1v) is 5.30. The summed E-state index contributed by atoms with van der Waals surface area (Å²) >= 11 is 0. The third-order valence-corrected chi connectivity index (χ3v) is 2.59. The van der Waals surface area contributed by atoms with Crippen LogP contribution >= 0.6 is 0 Å². The van der Waals surface area contributed by atoms with Crippen molar-refractivity contribution in [1.29, 1.82) is 0 Å². The van der Waals surface area contributed by atoms with Crippen molar-refractivity contribution >= 4 is 5.97 Å². The van der Waals surface area contributed by atoms with Gasteiger partial charge in [0, 0.05) is 12.6 Å². The number of aliphatic carboxylic acids is 1. The van der Waals surface area contributed by atoms with Gasteiger partial charge in [-0.2, -0.15) is 0 Å². The van der Waals surface area contributed by atoms with E-state index in [-0.39, 0.29) is 6.61 Å². The van der Waals surface area contributed by atoms with E-state index in [1.54, 1.807) is 0 Å². The van der Waals surface area contributed by atoms with Crippen LogP contribution in [0.5, 0.6) is 0 Å². The van der Waals surface area contributed by atoms with E-state index in [1.165, 1.54) is 0 Å². The summed E-state index contributed by atoms with van der Waals surface area (Å²) in [6.45, 7) is 2.82. The van der Waals surface area contributed by atoms with Crippen LogP contribution < -0.4 is 0 Å². The van der Waals surface area contributed by atoms with Gasteiger partial charge in [0.05, 0.1) is 0 Å². The maximum Gasteiger partial charge on any atom is 0.321 e. The third-order valence-electron chi connectivity index (χ3n) is 2.59. The molecule has 1 rings (SSSR count). The van der Waals surface area contributed by atoms with Crippen LogP contribution in [0.2, 0.25) is 0 Å². The molecule has 0 bridgehead atoms. The Morgan fingerprint density at radius 1 is 1.57 bits per heavy atom. The second kappa shape index (κ2) is 5.32. The minimum Gasteiger partial charge on any atom is -0.480 e. The number of carboxylic acids is 1. The number of carboxylic acid groups (broad SMARTS) is 1. The number of aliphatic hydroxyl groups excluding tert-OH is 1. The lowest BCUT2D eigenvalue weighted by Crippen LogP contribution is -2.43. The smallest absolute Gasteiger partial charge is 0.321 e. The van der Waals surface area contributed by atoms with Crippen LogP contribution in [0.1, 0.15) is 32.6 Å². The van der Waals surface area contributed by atoms with E-state index in [0.717, 1.165) is 25.8 Å². The van der Waals surface area contributed by atoms with E-state index in [2.05, 4.69) is 0 Å². The molecule has 1 aliphatic rings. The molecule has 1 fully saturated rings. The van der Waals surface area contributed by atoms with Gasteiger partial charge in [-0.15, -0.1) is 0 Å². The predicted molar refractivity (Wildman–Crippen MR) is 53.1 cm³/mol. The summed E-state index contributed by atoms with van der Waals surface area (Å²) in [5.74, 6) is -0.806. The maximum absolute atomic E-state index is 11.0. The molecule has 1 atom stereocenters. The molecule has 0 amide bonds. The highest BCUT2D eigenvalue weighted by Crippen LogP contribution is 2.29. The number of aliphatic hydroxyl groups is 1. The van der Waals surface area contributed by atoms with Crippen molar-refractivity contribution in [3.8, 4) is 0 Å². The minimum atomic E-state index is -0.806. The van der Waals surface area contributed by atoms with Crippen molar-refractivity contribution in [3.05, 3.63) is 0 Å². The molecule has 14 heavy (non-hydrogen) atoms. The molecule has 0 aliphatic heterocycles. The fraction of sp³-hybridized carbons (Fsp3) is 0.900. The zero-order valence-corrected chi connectivity index (χ0v) is 8.65. The fourth-order valence-electron chi connectivity index (χ4n) is 1.81. The summed E-state index contributed by atoms with van der Waals surface area (Å²) in [6.07, 6.45) is 3.52. The SMILES string of the molecule is CCCN(C1CC1)[C@@H](CCO)C(=O)O. The van der Waals surface area contributed by atoms with Crippen molar-refractivity contribution in [2.24, 2.45) is 0 Å². The molecule has 4 heteroatoms. The van der Waals surface area contributed by atoms with Gasteiger partial charge >= 0.3 is 5.97 Å². The standard InChI is InChI=1S/C10H19NO3/c1-2-6-11(8-3-4-8)9(5-7-12)10(13)14/h8-9,12H,2-7H2,1H3,(H,13,14)/t9-/m0/s1. The molecule has 1 saturated carbocycles. The zero-order valence-electron chi connectivity index (χ0n) is 8.65. The van der Waals surface area contributed by atoms with Gasteiger partial charge in [0.15, 0.2) is 0 Å². The van der Waals surface area contributed by atoms with E-state index in [9.17, 15) is 4.79 Å². The minimum absolute atomic E-state index is 0.0517. The van der Waals surface area contributed by atoms with Crippen LogP contribution in [0.25, 0.3) is 0 Å². The fourth-order valence-corrected chi connectivity index (χ4v) is 1.81. The quantitative estimate of drug-likeness (QED) is 0.636. The molecule has 4 nitrogen and oxygen atoms in total. The van der Waals surface area contributed by atoms with Gasteiger partial charge in [0.1, 0.15) is 6.04 Å². The monoisotopic (exact) mass is 201 g/mol. The number of carbonyl (C=O) groups is 1. The molecule has 0 radical (unpaired) electrons. The van der Waals surface area contributed by atoms with Gasteiger partial charge in [0.2, 0.25) is 0 Å². The summed E-state index contributed by atoms with van der Waals surface area (Å²) in [7, 11) is 0. The summed E-state index contributed by atoms with van der Waals surface area (Å²) in [5.41, 5.74) is 0. The van der Waals surface area contributed by atoms with Gasteiger partial charge in [0.25, 0.3) is 0 Å². The average Bonchev–Trinajstić information content (AvgIpc) is 2.94. The second-order valence-corrected chi connectivity index (χ2v) is 3.84. The highest BCUT2D eigenvalue weighted by atomic mass is 16.4. The Morgan fingerprint density at radius 2 is 2.21 bits per heavy atom. The maximum atomic E-state index is 11.0. The van der Waals surface area contributed by atoms with Gasteiger partial charge in [-0.25, -0.2) is 0 Å². The molecular weight excluding hydrogens is 182 g/mol. The first-order valence-electron chi connectivity index (χ1n) is 5.30. The Balaban J connectivity index is 2.55. The summed E-state index contributed by atoms with van der Waals surface area (Å²) in [6, 6.07) is -0.0463. The Kier molecular flexibility index (Phi) is 4.35. The molecule has 82 valence electrons. The van der Waals surface area contributed by atoms with Gasteiger partial charge in [-0.1, -0.05) is 6.92 Å². The van der Waals surface area contributed by atoms with E-state index < -0.39 is 12.0 Å². The molecule has 0 spiro atoms. The van der Waals surface area contributed by atoms with Gasteiger partial charge in [-0.3, -0.25) is 9.69 Å². The second-order valence-electron chi connectivity index (χ2n) is 3.84. The zero-order chi connectivity index (χ0) is 10.6. The van der Waals surface area contributed by atoms with Crippen molar-refractivity contribution in [2.75, 3.05) is 13.2 Å². The average molecular weight is 201 g/mol. The molecule has 0 heterocycles. The van der Waals surface area contributed by atoms with Crippen LogP contribution in [-0.2, 0) is 4.79 Å². The molecule has 0 aromatic carbocycles. The lowest BCUT2D eigenvalue weighted by atomic mass is 10.1. The number of nitrogens with zero attached hydrogens (tertiary/aromatic N) is 1.